The number of hydrogen-bond donors (Lipinski definition) is 0. The Balaban J connectivity index is 0.000000337. The summed E-state index contributed by atoms with van der Waals surface area (Å²) in [6.45, 7) is 13.1. The topological polar surface area (TPSA) is 0 Å². The Bertz CT molecular complexity index is 782. The molecule has 10 radical (unpaired) electrons. The fraction of sp³-hybridized carbons (Fsp3) is 0.214. The Kier molecular flexibility index (Phi) is 15.9. The molecule has 2 aromatic rings. The van der Waals surface area contributed by atoms with Crippen LogP contribution in [-0.4, -0.2) is 24.2 Å². The molecule has 0 aliphatic heterocycles. The van der Waals surface area contributed by atoms with Gasteiger partial charge in [-0.05, 0) is 31.5 Å². The molecule has 0 bridgehead atoms. The van der Waals surface area contributed by atoms with Crippen molar-refractivity contribution in [3.8, 4) is 0 Å². The summed E-state index contributed by atoms with van der Waals surface area (Å²) in [7, 11) is 7.05. The van der Waals surface area contributed by atoms with Gasteiger partial charge in [0, 0.05) is 0 Å². The molecule has 0 nitrogen and oxygen atoms in total. The van der Waals surface area contributed by atoms with E-state index >= 15 is 0 Å². The zero-order valence-electron chi connectivity index (χ0n) is 20.5. The maximum absolute atomic E-state index is 7.05. The zero-order chi connectivity index (χ0) is 24.5. The maximum atomic E-state index is 7.05. The van der Waals surface area contributed by atoms with Crippen LogP contribution in [0.4, 0.5) is 0 Å². The van der Waals surface area contributed by atoms with E-state index in [1.54, 1.807) is 0 Å². The predicted octanol–water partition coefficient (Wildman–Crippen LogP) is 6.67. The van der Waals surface area contributed by atoms with Gasteiger partial charge in [0.2, 0.25) is 0 Å². The van der Waals surface area contributed by atoms with Crippen molar-refractivity contribution in [3.63, 3.8) is 0 Å². The van der Waals surface area contributed by atoms with Crippen LogP contribution < -0.4 is 7.16 Å². The van der Waals surface area contributed by atoms with Crippen molar-refractivity contribution >= 4 is 63.2 Å². The first-order chi connectivity index (χ1) is 15.6. The van der Waals surface area contributed by atoms with Crippen LogP contribution in [0, 0.1) is 105 Å². The largest absolute Gasteiger partial charge is 2.00 e. The van der Waals surface area contributed by atoms with Gasteiger partial charge in [-0.25, -0.2) is 12.8 Å². The number of rotatable bonds is 3. The second-order valence-corrected chi connectivity index (χ2v) is 16.5. The standard InChI is InChI=1S/2C9H11.C5H4BCl2.C5H4.ClH.Fe.Sn/c2*1-7-4-8(2)6-9(3)5-7;7-6(8)5-3-1-2-4-5;1-2-4-5-3-1;;;/h2*4-5H,1-3H3;1-4H;1-4H;1H;;/q;;;-1;;2*+2/p-1. The van der Waals surface area contributed by atoms with Crippen molar-refractivity contribution < 1.29 is 17.1 Å². The molecule has 2 aliphatic rings. The Morgan fingerprint density at radius 2 is 1.00 bits per heavy atom. The monoisotopic (exact) mass is 658 g/mol. The Labute approximate surface area is 241 Å². The van der Waals surface area contributed by atoms with Crippen molar-refractivity contribution in [1.29, 1.82) is 0 Å². The van der Waals surface area contributed by atoms with Crippen LogP contribution in [0.15, 0.2) is 24.3 Å². The first-order valence-corrected chi connectivity index (χ1v) is 18.2. The first-order valence-electron chi connectivity index (χ1n) is 10.9. The minimum atomic E-state index is -2.30. The summed E-state index contributed by atoms with van der Waals surface area (Å²) in [5.41, 5.74) is 7.75. The third-order valence-electron chi connectivity index (χ3n) is 5.23. The van der Waals surface area contributed by atoms with E-state index in [4.69, 9.17) is 31.8 Å². The smallest absolute Gasteiger partial charge is 0.474 e. The first kappa shape index (κ1) is 32.7. The van der Waals surface area contributed by atoms with Crippen LogP contribution in [0.5, 0.6) is 0 Å². The molecule has 2 fully saturated rings. The Morgan fingerprint density at radius 3 is 1.24 bits per heavy atom. The number of hydrogen-bond acceptors (Lipinski definition) is 0. The fourth-order valence-electron chi connectivity index (χ4n) is 3.99. The van der Waals surface area contributed by atoms with Crippen LogP contribution >= 0.6 is 31.8 Å². The van der Waals surface area contributed by atoms with Gasteiger partial charge in [-0.3, -0.25) is 0 Å². The second kappa shape index (κ2) is 16.5. The summed E-state index contributed by atoms with van der Waals surface area (Å²) in [4.78, 5) is 0. The summed E-state index contributed by atoms with van der Waals surface area (Å²) in [6.07, 6.45) is 18.1. The van der Waals surface area contributed by atoms with Gasteiger partial charge in [0.05, 0.1) is 0 Å². The van der Waals surface area contributed by atoms with Crippen molar-refractivity contribution in [2.45, 2.75) is 41.5 Å². The molecule has 176 valence electrons. The van der Waals surface area contributed by atoms with E-state index in [1.807, 2.05) is 51.4 Å². The molecular weight excluding hydrogens is 628 g/mol. The summed E-state index contributed by atoms with van der Waals surface area (Å²) < 4.78 is 2.91. The van der Waals surface area contributed by atoms with Gasteiger partial charge >= 0.3 is 157 Å². The molecule has 0 heterocycles. The van der Waals surface area contributed by atoms with Gasteiger partial charge in [-0.15, -0.1) is 0 Å². The Morgan fingerprint density at radius 1 is 0.647 bits per heavy atom. The van der Waals surface area contributed by atoms with E-state index in [1.165, 1.54) is 40.5 Å². The van der Waals surface area contributed by atoms with Crippen LogP contribution in [0.2, 0.25) is 0 Å². The van der Waals surface area contributed by atoms with Crippen LogP contribution in [0.25, 0.3) is 0 Å². The molecule has 0 saturated heterocycles. The van der Waals surface area contributed by atoms with E-state index in [0.29, 0.717) is 0 Å². The molecule has 0 N–H and O–H groups in total. The molecule has 0 amide bonds. The molecule has 0 atom stereocenters. The SMILES string of the molecule is Cc1cc(C)[c]([Sn+]([Cl])[c]2c(C)cc(C)cc2C)c(C)c1.ClB(Cl)[C]1[CH][CH][CH][CH]1.[C-]1[CH][CH][CH][CH]1.[Fe+2]. The predicted molar refractivity (Wildman–Crippen MR) is 151 cm³/mol. The van der Waals surface area contributed by atoms with Crippen molar-refractivity contribution in [1.82, 2.24) is 0 Å². The van der Waals surface area contributed by atoms with Gasteiger partial charge in [0.1, 0.15) is 0 Å². The van der Waals surface area contributed by atoms with Gasteiger partial charge in [-0.1, -0.05) is 12.8 Å². The summed E-state index contributed by atoms with van der Waals surface area (Å²) >= 11 is 8.72. The van der Waals surface area contributed by atoms with Gasteiger partial charge in [0.15, 0.2) is 0 Å². The van der Waals surface area contributed by atoms with Crippen LogP contribution in [0.1, 0.15) is 33.4 Å². The van der Waals surface area contributed by atoms with Crippen molar-refractivity contribution in [2.75, 3.05) is 0 Å². The fourth-order valence-corrected chi connectivity index (χ4v) is 13.8. The summed E-state index contributed by atoms with van der Waals surface area (Å²) in [6, 6.07) is 9.07. The summed E-state index contributed by atoms with van der Waals surface area (Å²) in [5, 5.41) is 0. The Hall–Kier alpha value is 0.693. The normalized spacial score (nSPS) is 15.0. The second-order valence-electron chi connectivity index (χ2n) is 8.27. The quantitative estimate of drug-likeness (QED) is 0.256. The average molecular weight is 658 g/mol. The third kappa shape index (κ3) is 10.2. The zero-order valence-corrected chi connectivity index (χ0v) is 26.7. The van der Waals surface area contributed by atoms with Gasteiger partial charge < -0.3 is 6.42 Å². The van der Waals surface area contributed by atoms with E-state index in [2.05, 4.69) is 72.2 Å². The van der Waals surface area contributed by atoms with E-state index in [0.717, 1.165) is 5.82 Å². The van der Waals surface area contributed by atoms with E-state index in [9.17, 15) is 0 Å². The van der Waals surface area contributed by atoms with E-state index < -0.39 is 18.6 Å². The molecule has 2 saturated carbocycles. The van der Waals surface area contributed by atoms with Gasteiger partial charge in [0.25, 0.3) is 0 Å². The number of aryl methyl sites for hydroxylation is 6. The molecule has 0 unspecified atom stereocenters. The molecule has 6 heteroatoms. The minimum Gasteiger partial charge on any atom is -0.474 e. The van der Waals surface area contributed by atoms with Gasteiger partial charge in [-0.2, -0.15) is 22.9 Å². The average Bonchev–Trinajstić information content (AvgIpc) is 3.44. The van der Waals surface area contributed by atoms with E-state index in [-0.39, 0.29) is 22.6 Å². The van der Waals surface area contributed by atoms with Crippen molar-refractivity contribution in [3.05, 3.63) is 121 Å². The molecule has 0 aromatic heterocycles. The molecule has 2 aromatic carbocycles. The van der Waals surface area contributed by atoms with Crippen LogP contribution in [-0.2, 0) is 17.1 Å². The van der Waals surface area contributed by atoms with Crippen molar-refractivity contribution in [2.24, 2.45) is 0 Å². The molecule has 0 spiro atoms. The molecule has 2 aliphatic carbocycles. The third-order valence-corrected chi connectivity index (χ3v) is 15.3. The minimum absolute atomic E-state index is 0. The maximum Gasteiger partial charge on any atom is 2.00 e. The summed E-state index contributed by atoms with van der Waals surface area (Å²) in [5.74, 6) is 0.966. The molecule has 4 rings (SSSR count). The number of benzene rings is 2. The van der Waals surface area contributed by atoms with Crippen LogP contribution in [0.3, 0.4) is 0 Å². The molecule has 34 heavy (non-hydrogen) atoms. The number of halogens is 3. The molecular formula is C28H30BCl3FeSn+2.